The molecule has 0 atom stereocenters. The molecular formula is C52H32N2OS. The molecule has 0 spiro atoms. The van der Waals surface area contributed by atoms with Crippen LogP contribution < -0.4 is 4.90 Å². The van der Waals surface area contributed by atoms with Crippen LogP contribution in [0.25, 0.3) is 91.5 Å². The second-order valence-corrected chi connectivity index (χ2v) is 15.5. The number of aromatic nitrogens is 1. The molecule has 12 rings (SSSR count). The highest BCUT2D eigenvalue weighted by molar-refractivity contribution is 7.26. The van der Waals surface area contributed by atoms with Crippen LogP contribution in [0.5, 0.6) is 0 Å². The number of furan rings is 1. The number of benzene rings is 9. The van der Waals surface area contributed by atoms with Gasteiger partial charge in [-0.15, -0.1) is 11.3 Å². The van der Waals surface area contributed by atoms with Crippen molar-refractivity contribution in [2.75, 3.05) is 4.90 Å². The Kier molecular flexibility index (Phi) is 6.80. The molecule has 0 amide bonds. The number of hydrogen-bond acceptors (Lipinski definition) is 3. The van der Waals surface area contributed by atoms with Gasteiger partial charge in [-0.25, -0.2) is 0 Å². The van der Waals surface area contributed by atoms with Crippen LogP contribution in [0, 0.1) is 0 Å². The van der Waals surface area contributed by atoms with Crippen LogP contribution in [-0.2, 0) is 0 Å². The third kappa shape index (κ3) is 4.57. The third-order valence-electron chi connectivity index (χ3n) is 11.4. The number of anilines is 3. The summed E-state index contributed by atoms with van der Waals surface area (Å²) < 4.78 is 11.7. The lowest BCUT2D eigenvalue weighted by atomic mass is 9.95. The van der Waals surface area contributed by atoms with Gasteiger partial charge in [0, 0.05) is 48.1 Å². The number of thiophene rings is 1. The first-order valence-corrected chi connectivity index (χ1v) is 19.8. The average Bonchev–Trinajstić information content (AvgIpc) is 3.94. The minimum Gasteiger partial charge on any atom is -0.454 e. The second kappa shape index (κ2) is 12.2. The van der Waals surface area contributed by atoms with Crippen molar-refractivity contribution in [2.24, 2.45) is 0 Å². The van der Waals surface area contributed by atoms with Gasteiger partial charge in [0.25, 0.3) is 0 Å². The molecule has 0 saturated carbocycles. The van der Waals surface area contributed by atoms with Gasteiger partial charge in [-0.2, -0.15) is 0 Å². The predicted octanol–water partition coefficient (Wildman–Crippen LogP) is 15.3. The Morgan fingerprint density at radius 3 is 1.95 bits per heavy atom. The van der Waals surface area contributed by atoms with Gasteiger partial charge in [-0.3, -0.25) is 0 Å². The Hall–Kier alpha value is -7.14. The van der Waals surface area contributed by atoms with E-state index >= 15 is 0 Å². The Morgan fingerprint density at radius 1 is 0.411 bits per heavy atom. The topological polar surface area (TPSA) is 21.3 Å². The Balaban J connectivity index is 1.13. The molecule has 3 heterocycles. The predicted molar refractivity (Wildman–Crippen MR) is 239 cm³/mol. The molecule has 0 bridgehead atoms. The summed E-state index contributed by atoms with van der Waals surface area (Å²) in [6.07, 6.45) is 0. The quantitative estimate of drug-likeness (QED) is 0.176. The minimum absolute atomic E-state index is 0.874. The van der Waals surface area contributed by atoms with E-state index in [0.29, 0.717) is 0 Å². The second-order valence-electron chi connectivity index (χ2n) is 14.4. The lowest BCUT2D eigenvalue weighted by molar-refractivity contribution is 0.669. The van der Waals surface area contributed by atoms with Gasteiger partial charge in [-0.05, 0) is 71.1 Å². The summed E-state index contributed by atoms with van der Waals surface area (Å²) in [5, 5.41) is 9.62. The summed E-state index contributed by atoms with van der Waals surface area (Å²) in [6, 6.07) is 70.2. The van der Waals surface area contributed by atoms with Crippen LogP contribution in [-0.4, -0.2) is 4.57 Å². The largest absolute Gasteiger partial charge is 0.454 e. The van der Waals surface area contributed by atoms with E-state index in [1.165, 1.54) is 63.9 Å². The van der Waals surface area contributed by atoms with E-state index in [-0.39, 0.29) is 0 Å². The van der Waals surface area contributed by atoms with E-state index in [9.17, 15) is 0 Å². The zero-order valence-corrected chi connectivity index (χ0v) is 31.0. The van der Waals surface area contributed by atoms with E-state index in [0.717, 1.165) is 44.7 Å². The maximum absolute atomic E-state index is 6.76. The van der Waals surface area contributed by atoms with Crippen molar-refractivity contribution in [1.29, 1.82) is 0 Å². The number of fused-ring (bicyclic) bond motifs is 10. The molecule has 0 radical (unpaired) electrons. The Morgan fingerprint density at radius 2 is 1.07 bits per heavy atom. The maximum atomic E-state index is 6.76. The molecule has 0 aliphatic carbocycles. The molecule has 0 aliphatic rings. The van der Waals surface area contributed by atoms with Gasteiger partial charge in [0.2, 0.25) is 0 Å². The van der Waals surface area contributed by atoms with E-state index < -0.39 is 0 Å². The van der Waals surface area contributed by atoms with Crippen molar-refractivity contribution in [2.45, 2.75) is 0 Å². The summed E-state index contributed by atoms with van der Waals surface area (Å²) in [5.74, 6) is 0. The van der Waals surface area contributed by atoms with Gasteiger partial charge in [-0.1, -0.05) is 140 Å². The zero-order chi connectivity index (χ0) is 36.7. The van der Waals surface area contributed by atoms with Gasteiger partial charge in [0.05, 0.1) is 32.8 Å². The van der Waals surface area contributed by atoms with Crippen LogP contribution in [0.3, 0.4) is 0 Å². The molecule has 0 fully saturated rings. The van der Waals surface area contributed by atoms with Crippen LogP contribution in [0.4, 0.5) is 17.1 Å². The van der Waals surface area contributed by atoms with E-state index in [4.69, 9.17) is 4.42 Å². The van der Waals surface area contributed by atoms with Crippen LogP contribution in [0.2, 0.25) is 0 Å². The number of hydrogen-bond donors (Lipinski definition) is 0. The van der Waals surface area contributed by atoms with Crippen LogP contribution >= 0.6 is 11.3 Å². The van der Waals surface area contributed by atoms with Gasteiger partial charge < -0.3 is 13.9 Å². The molecule has 0 aliphatic heterocycles. The first-order valence-electron chi connectivity index (χ1n) is 19.0. The van der Waals surface area contributed by atoms with Crippen molar-refractivity contribution >= 4 is 103 Å². The summed E-state index contributed by atoms with van der Waals surface area (Å²) in [7, 11) is 0. The maximum Gasteiger partial charge on any atom is 0.159 e. The SMILES string of the molecule is c1ccc(-n2c3ccccc3c3ccc(-c4ccc(N(c5cccc6c5oc5ccccc56)c5cccc6c5sc5ccccc56)c5ccccc45)cc32)cc1. The molecule has 4 heteroatoms. The van der Waals surface area contributed by atoms with E-state index in [2.05, 4.69) is 198 Å². The monoisotopic (exact) mass is 732 g/mol. The molecule has 3 aromatic heterocycles. The smallest absolute Gasteiger partial charge is 0.159 e. The lowest BCUT2D eigenvalue weighted by Gasteiger charge is -2.28. The highest BCUT2D eigenvalue weighted by atomic mass is 32.1. The highest BCUT2D eigenvalue weighted by Gasteiger charge is 2.24. The standard InChI is InChI=1S/C52H32N2OS/c1-2-14-34(15-3-1)53-44-23-9-6-18-38(44)39-29-28-33(32-48(39)53)35-30-31-45(37-17-5-4-16-36(35)37)54(46-24-12-21-42-40-19-7-10-26-49(40)55-51(42)46)47-25-13-22-43-41-20-8-11-27-50(41)56-52(43)47/h1-32H. The first kappa shape index (κ1) is 31.2. The Bertz CT molecular complexity index is 3380. The zero-order valence-electron chi connectivity index (χ0n) is 30.2. The van der Waals surface area contributed by atoms with E-state index in [1.54, 1.807) is 0 Å². The molecular weight excluding hydrogens is 701 g/mol. The Labute approximate surface area is 326 Å². The van der Waals surface area contributed by atoms with Gasteiger partial charge in [0.1, 0.15) is 5.58 Å². The molecule has 0 saturated heterocycles. The summed E-state index contributed by atoms with van der Waals surface area (Å²) in [5.41, 5.74) is 10.9. The normalized spacial score (nSPS) is 11.9. The van der Waals surface area contributed by atoms with Crippen molar-refractivity contribution in [3.63, 3.8) is 0 Å². The molecule has 9 aromatic carbocycles. The summed E-state index contributed by atoms with van der Waals surface area (Å²) in [6.45, 7) is 0. The van der Waals surface area contributed by atoms with Crippen molar-refractivity contribution in [3.05, 3.63) is 194 Å². The summed E-state index contributed by atoms with van der Waals surface area (Å²) in [4.78, 5) is 2.44. The number of rotatable bonds is 5. The van der Waals surface area contributed by atoms with Gasteiger partial charge in [0.15, 0.2) is 5.58 Å². The molecule has 262 valence electrons. The molecule has 0 unspecified atom stereocenters. The lowest BCUT2D eigenvalue weighted by Crippen LogP contribution is -2.11. The molecule has 0 N–H and O–H groups in total. The highest BCUT2D eigenvalue weighted by Crippen LogP contribution is 2.50. The molecule has 56 heavy (non-hydrogen) atoms. The molecule has 3 nitrogen and oxygen atoms in total. The number of para-hydroxylation sites is 4. The number of nitrogens with zero attached hydrogens (tertiary/aromatic N) is 2. The van der Waals surface area contributed by atoms with Crippen molar-refractivity contribution < 1.29 is 4.42 Å². The van der Waals surface area contributed by atoms with Crippen LogP contribution in [0.1, 0.15) is 0 Å². The van der Waals surface area contributed by atoms with Crippen LogP contribution in [0.15, 0.2) is 199 Å². The average molecular weight is 733 g/mol. The summed E-state index contributed by atoms with van der Waals surface area (Å²) >= 11 is 1.85. The van der Waals surface area contributed by atoms with Crippen molar-refractivity contribution in [3.8, 4) is 16.8 Å². The van der Waals surface area contributed by atoms with E-state index in [1.807, 2.05) is 17.4 Å². The first-order chi connectivity index (χ1) is 27.8. The molecule has 12 aromatic rings. The third-order valence-corrected chi connectivity index (χ3v) is 12.6. The fourth-order valence-corrected chi connectivity index (χ4v) is 10.1. The van der Waals surface area contributed by atoms with Gasteiger partial charge >= 0.3 is 0 Å². The van der Waals surface area contributed by atoms with Crippen molar-refractivity contribution in [1.82, 2.24) is 4.57 Å². The minimum atomic E-state index is 0.874. The fraction of sp³-hybridized carbons (Fsp3) is 0. The fourth-order valence-electron chi connectivity index (χ4n) is 8.93.